The first-order valence-corrected chi connectivity index (χ1v) is 9.59. The van der Waals surface area contributed by atoms with E-state index in [-0.39, 0.29) is 5.76 Å². The normalized spacial score (nSPS) is 16.4. The molecule has 0 spiro atoms. The number of rotatable bonds is 5. The molecule has 0 aliphatic rings. The Bertz CT molecular complexity index is 508. The van der Waals surface area contributed by atoms with E-state index in [4.69, 9.17) is 8.84 Å². The van der Waals surface area contributed by atoms with E-state index >= 15 is 0 Å². The summed E-state index contributed by atoms with van der Waals surface area (Å²) in [6.45, 7) is 8.99. The van der Waals surface area contributed by atoms with Crippen molar-refractivity contribution in [2.45, 2.75) is 57.2 Å². The van der Waals surface area contributed by atoms with Crippen LogP contribution >= 0.6 is 0 Å². The fraction of sp³-hybridized carbons (Fsp3) is 0.692. The van der Waals surface area contributed by atoms with E-state index in [1.807, 2.05) is 20.8 Å². The average Bonchev–Trinajstić information content (AvgIpc) is 2.76. The zero-order chi connectivity index (χ0) is 17.3. The molecule has 1 aromatic rings. The third-order valence-electron chi connectivity index (χ3n) is 3.90. The number of furan rings is 1. The maximum absolute atomic E-state index is 13.1. The van der Waals surface area contributed by atoms with Crippen molar-refractivity contribution in [1.29, 1.82) is 0 Å². The van der Waals surface area contributed by atoms with Gasteiger partial charge < -0.3 is 8.84 Å². The second-order valence-corrected chi connectivity index (χ2v) is 11.3. The van der Waals surface area contributed by atoms with Crippen molar-refractivity contribution < 1.29 is 26.9 Å². The van der Waals surface area contributed by atoms with Crippen molar-refractivity contribution in [2.24, 2.45) is 0 Å². The summed E-state index contributed by atoms with van der Waals surface area (Å²) in [4.78, 5) is 9.64. The molecule has 22 heavy (non-hydrogen) atoms. The first kappa shape index (κ1) is 18.7. The number of halogens is 3. The van der Waals surface area contributed by atoms with Gasteiger partial charge in [-0.25, -0.2) is 0 Å². The largest absolute Gasteiger partial charge is 0.466 e. The summed E-state index contributed by atoms with van der Waals surface area (Å²) in [6.07, 6.45) is -5.67. The van der Waals surface area contributed by atoms with Crippen molar-refractivity contribution in [3.63, 3.8) is 0 Å². The van der Waals surface area contributed by atoms with Gasteiger partial charge in [-0.1, -0.05) is 20.8 Å². The molecule has 0 aliphatic carbocycles. The van der Waals surface area contributed by atoms with Crippen LogP contribution in [0.15, 0.2) is 22.8 Å². The Morgan fingerprint density at radius 2 is 1.86 bits per heavy atom. The van der Waals surface area contributed by atoms with Gasteiger partial charge in [0.25, 0.3) is 0 Å². The minimum absolute atomic E-state index is 0.191. The van der Waals surface area contributed by atoms with E-state index in [1.165, 1.54) is 18.4 Å². The van der Waals surface area contributed by atoms with Gasteiger partial charge in [0.15, 0.2) is 14.4 Å². The Hall–Kier alpha value is -1.35. The predicted octanol–water partition coefficient (Wildman–Crippen LogP) is 4.55. The third-order valence-corrected chi connectivity index (χ3v) is 8.36. The molecule has 1 rings (SSSR count). The molecule has 0 aliphatic heterocycles. The average molecular weight is 339 g/mol. The fourth-order valence-corrected chi connectivity index (χ4v) is 2.86. The molecule has 0 radical (unpaired) electrons. The van der Waals surface area contributed by atoms with Crippen LogP contribution in [0.5, 0.6) is 0 Å². The summed E-state index contributed by atoms with van der Waals surface area (Å²) in [5.74, 6) is -0.191. The Balaban J connectivity index is 3.29. The van der Waals surface area contributed by atoms with Crippen LogP contribution in [0.1, 0.15) is 32.6 Å². The van der Waals surface area contributed by atoms with Crippen molar-refractivity contribution in [3.05, 3.63) is 34.3 Å². The second-order valence-electron chi connectivity index (χ2n) is 6.59. The number of nitro groups is 1. The Morgan fingerprint density at radius 3 is 2.18 bits per heavy atom. The number of alkyl halides is 3. The summed E-state index contributed by atoms with van der Waals surface area (Å²) in [5, 5.41) is 10.6. The van der Waals surface area contributed by atoms with E-state index < -0.39 is 36.6 Å². The van der Waals surface area contributed by atoms with Crippen LogP contribution in [0.4, 0.5) is 13.2 Å². The van der Waals surface area contributed by atoms with Crippen LogP contribution in [0.25, 0.3) is 0 Å². The van der Waals surface area contributed by atoms with E-state index in [9.17, 15) is 23.3 Å². The summed E-state index contributed by atoms with van der Waals surface area (Å²) >= 11 is 0. The molecule has 1 aromatic heterocycles. The topological polar surface area (TPSA) is 65.5 Å². The van der Waals surface area contributed by atoms with Crippen molar-refractivity contribution in [2.75, 3.05) is 0 Å². The highest BCUT2D eigenvalue weighted by atomic mass is 28.4. The Morgan fingerprint density at radius 1 is 1.32 bits per heavy atom. The second kappa shape index (κ2) is 6.03. The van der Waals surface area contributed by atoms with E-state index in [0.717, 1.165) is 0 Å². The molecule has 9 heteroatoms. The van der Waals surface area contributed by atoms with E-state index in [0.29, 0.717) is 0 Å². The van der Waals surface area contributed by atoms with Crippen LogP contribution in [0, 0.1) is 10.1 Å². The molecular weight excluding hydrogens is 319 g/mol. The zero-order valence-electron chi connectivity index (χ0n) is 13.1. The van der Waals surface area contributed by atoms with Gasteiger partial charge in [0.1, 0.15) is 5.76 Å². The van der Waals surface area contributed by atoms with Gasteiger partial charge >= 0.3 is 12.2 Å². The lowest BCUT2D eigenvalue weighted by molar-refractivity contribution is -0.575. The molecule has 0 amide bonds. The SMILES string of the molecule is CC(C)(C)[Si](C)(C)O[C@@H](c1ccco1)[C@@H]([N+](=O)[O-])C(F)(F)F. The molecule has 0 unspecified atom stereocenters. The predicted molar refractivity (Wildman–Crippen MR) is 76.6 cm³/mol. The lowest BCUT2D eigenvalue weighted by atomic mass is 10.1. The molecule has 0 N–H and O–H groups in total. The van der Waals surface area contributed by atoms with Crippen molar-refractivity contribution in [1.82, 2.24) is 0 Å². The van der Waals surface area contributed by atoms with Gasteiger partial charge in [0.05, 0.1) is 6.26 Å². The van der Waals surface area contributed by atoms with Gasteiger partial charge in [-0.2, -0.15) is 13.2 Å². The zero-order valence-corrected chi connectivity index (χ0v) is 14.1. The molecule has 126 valence electrons. The first-order chi connectivity index (χ1) is 9.77. The van der Waals surface area contributed by atoms with Crippen LogP contribution < -0.4 is 0 Å². The van der Waals surface area contributed by atoms with Crippen LogP contribution in [-0.4, -0.2) is 25.5 Å². The monoisotopic (exact) mass is 339 g/mol. The molecule has 0 aromatic carbocycles. The lowest BCUT2D eigenvalue weighted by Gasteiger charge is -2.39. The molecule has 0 fully saturated rings. The smallest absolute Gasteiger partial charge is 0.460 e. The highest BCUT2D eigenvalue weighted by Crippen LogP contribution is 2.43. The molecular formula is C13H20F3NO4Si. The van der Waals surface area contributed by atoms with Crippen molar-refractivity contribution >= 4 is 8.32 Å². The molecule has 0 saturated heterocycles. The lowest BCUT2D eigenvalue weighted by Crippen LogP contribution is -2.49. The van der Waals surface area contributed by atoms with E-state index in [1.54, 1.807) is 13.1 Å². The molecule has 1 heterocycles. The highest BCUT2D eigenvalue weighted by Gasteiger charge is 2.58. The molecule has 5 nitrogen and oxygen atoms in total. The van der Waals surface area contributed by atoms with E-state index in [2.05, 4.69) is 0 Å². The van der Waals surface area contributed by atoms with Gasteiger partial charge in [-0.15, -0.1) is 0 Å². The standard InChI is InChI=1S/C13H20F3NO4Si/c1-12(2,3)22(4,5)21-10(9-7-6-8-20-9)11(17(18)19)13(14,15)16/h6-8,10-11H,1-5H3/t10-,11+/m0/s1. The Kier molecular flexibility index (Phi) is 5.13. The number of hydrogen-bond acceptors (Lipinski definition) is 4. The van der Waals surface area contributed by atoms with Gasteiger partial charge in [-0.05, 0) is 30.3 Å². The van der Waals surface area contributed by atoms with Crippen LogP contribution in [0.3, 0.4) is 0 Å². The molecule has 0 bridgehead atoms. The maximum atomic E-state index is 13.1. The minimum Gasteiger partial charge on any atom is -0.466 e. The quantitative estimate of drug-likeness (QED) is 0.448. The summed E-state index contributed by atoms with van der Waals surface area (Å²) in [6, 6.07) is -0.224. The van der Waals surface area contributed by atoms with Gasteiger partial charge in [0.2, 0.25) is 0 Å². The fourth-order valence-electron chi connectivity index (χ4n) is 1.63. The number of hydrogen-bond donors (Lipinski definition) is 0. The van der Waals surface area contributed by atoms with Gasteiger partial charge in [0, 0.05) is 4.92 Å². The summed E-state index contributed by atoms with van der Waals surface area (Å²) < 4.78 is 50.1. The van der Waals surface area contributed by atoms with Crippen molar-refractivity contribution in [3.8, 4) is 0 Å². The van der Waals surface area contributed by atoms with Crippen LogP contribution in [0.2, 0.25) is 18.1 Å². The Labute approximate surface area is 127 Å². The summed E-state index contributed by atoms with van der Waals surface area (Å²) in [5.41, 5.74) is 0. The first-order valence-electron chi connectivity index (χ1n) is 6.69. The molecule has 2 atom stereocenters. The minimum atomic E-state index is -5.04. The van der Waals surface area contributed by atoms with Crippen LogP contribution in [-0.2, 0) is 4.43 Å². The maximum Gasteiger partial charge on any atom is 0.460 e. The number of nitrogens with zero attached hydrogens (tertiary/aromatic N) is 1. The summed E-state index contributed by atoms with van der Waals surface area (Å²) in [7, 11) is -2.68. The third kappa shape index (κ3) is 4.10. The highest BCUT2D eigenvalue weighted by molar-refractivity contribution is 6.74. The molecule has 0 saturated carbocycles. The van der Waals surface area contributed by atoms with Gasteiger partial charge in [-0.3, -0.25) is 10.1 Å².